The van der Waals surface area contributed by atoms with Crippen LogP contribution in [0.5, 0.6) is 0 Å². The lowest BCUT2D eigenvalue weighted by Gasteiger charge is -2.15. The molecule has 11 heteroatoms. The van der Waals surface area contributed by atoms with Gasteiger partial charge < -0.3 is 0 Å². The van der Waals surface area contributed by atoms with E-state index in [2.05, 4.69) is 10.3 Å². The van der Waals surface area contributed by atoms with Gasteiger partial charge in [-0.15, -0.1) is 0 Å². The number of anilines is 1. The number of thiazole rings is 1. The fraction of sp³-hybridized carbons (Fsp3) is 0.238. The minimum absolute atomic E-state index is 0.0755. The summed E-state index contributed by atoms with van der Waals surface area (Å²) in [4.78, 5) is 16.6. The first kappa shape index (κ1) is 22.4. The van der Waals surface area contributed by atoms with Gasteiger partial charge in [-0.25, -0.2) is 13.4 Å². The van der Waals surface area contributed by atoms with Crippen LogP contribution < -0.4 is 5.32 Å². The molecule has 0 unspecified atom stereocenters. The maximum Gasteiger partial charge on any atom is 0.417 e. The molecule has 1 N–H and O–H groups in total. The summed E-state index contributed by atoms with van der Waals surface area (Å²) in [6, 6.07) is 11.5. The van der Waals surface area contributed by atoms with Gasteiger partial charge >= 0.3 is 6.18 Å². The van der Waals surface area contributed by atoms with Gasteiger partial charge in [0.2, 0.25) is 10.0 Å². The van der Waals surface area contributed by atoms with Gasteiger partial charge in [-0.2, -0.15) is 17.5 Å². The molecule has 0 aliphatic carbocycles. The van der Waals surface area contributed by atoms with E-state index in [0.29, 0.717) is 29.4 Å². The number of alkyl halides is 3. The van der Waals surface area contributed by atoms with Gasteiger partial charge in [-0.05, 0) is 36.6 Å². The highest BCUT2D eigenvalue weighted by molar-refractivity contribution is 7.89. The Kier molecular flexibility index (Phi) is 6.06. The lowest BCUT2D eigenvalue weighted by atomic mass is 10.1. The molecule has 1 saturated heterocycles. The standard InChI is InChI=1S/C21H18F3N3O3S2/c22-21(23,24)16(14-6-2-1-3-7-14)13-19(28)26-20-25-17-9-8-15(12-18(17)31-20)32(29,30)27-10-4-5-11-27/h1-3,6-9,12-13H,4-5,10-11H2,(H,25,26,28)/b16-13-. The summed E-state index contributed by atoms with van der Waals surface area (Å²) >= 11 is 0.992. The third-order valence-electron chi connectivity index (χ3n) is 4.96. The number of halogens is 3. The van der Waals surface area contributed by atoms with Crippen LogP contribution in [0.1, 0.15) is 18.4 Å². The number of nitrogens with one attached hydrogen (secondary N) is 1. The van der Waals surface area contributed by atoms with Crippen LogP contribution in [0, 0.1) is 0 Å². The highest BCUT2D eigenvalue weighted by Gasteiger charge is 2.35. The summed E-state index contributed by atoms with van der Waals surface area (Å²) in [6.45, 7) is 0.944. The monoisotopic (exact) mass is 481 g/mol. The van der Waals surface area contributed by atoms with Gasteiger partial charge in [0.1, 0.15) is 0 Å². The SMILES string of the molecule is O=C(/C=C(/c1ccccc1)C(F)(F)F)Nc1nc2ccc(S(=O)(=O)N3CCCC3)cc2s1. The van der Waals surface area contributed by atoms with E-state index in [1.165, 1.54) is 46.8 Å². The van der Waals surface area contributed by atoms with E-state index in [0.717, 1.165) is 24.2 Å². The molecule has 2 aromatic carbocycles. The fourth-order valence-electron chi connectivity index (χ4n) is 3.42. The molecule has 4 rings (SSSR count). The number of sulfonamides is 1. The molecule has 0 bridgehead atoms. The fourth-order valence-corrected chi connectivity index (χ4v) is 5.94. The van der Waals surface area contributed by atoms with Crippen LogP contribution in [-0.4, -0.2) is 42.9 Å². The number of hydrogen-bond acceptors (Lipinski definition) is 5. The van der Waals surface area contributed by atoms with Crippen LogP contribution in [0.4, 0.5) is 18.3 Å². The first-order valence-corrected chi connectivity index (χ1v) is 12.0. The average molecular weight is 482 g/mol. The second-order valence-corrected chi connectivity index (χ2v) is 10.1. The zero-order valence-corrected chi connectivity index (χ0v) is 18.2. The summed E-state index contributed by atoms with van der Waals surface area (Å²) in [7, 11) is -3.62. The lowest BCUT2D eigenvalue weighted by molar-refractivity contribution is -0.112. The van der Waals surface area contributed by atoms with Crippen LogP contribution in [0.25, 0.3) is 15.8 Å². The van der Waals surface area contributed by atoms with E-state index in [-0.39, 0.29) is 15.6 Å². The minimum atomic E-state index is -4.72. The van der Waals surface area contributed by atoms with Crippen LogP contribution in [0.2, 0.25) is 0 Å². The summed E-state index contributed by atoms with van der Waals surface area (Å²) in [5.74, 6) is -0.981. The number of allylic oxidation sites excluding steroid dienone is 1. The highest BCUT2D eigenvalue weighted by Crippen LogP contribution is 2.34. The smallest absolute Gasteiger partial charge is 0.298 e. The highest BCUT2D eigenvalue weighted by atomic mass is 32.2. The maximum atomic E-state index is 13.4. The zero-order chi connectivity index (χ0) is 22.9. The molecule has 2 heterocycles. The average Bonchev–Trinajstić information content (AvgIpc) is 3.41. The Bertz CT molecular complexity index is 1280. The second kappa shape index (κ2) is 8.64. The first-order valence-electron chi connectivity index (χ1n) is 9.71. The topological polar surface area (TPSA) is 79.4 Å². The van der Waals surface area contributed by atoms with Crippen molar-refractivity contribution in [3.05, 3.63) is 60.2 Å². The van der Waals surface area contributed by atoms with E-state index in [1.54, 1.807) is 6.07 Å². The number of fused-ring (bicyclic) bond motifs is 1. The van der Waals surface area contributed by atoms with Crippen molar-refractivity contribution in [2.75, 3.05) is 18.4 Å². The van der Waals surface area contributed by atoms with Gasteiger partial charge in [0.15, 0.2) is 5.13 Å². The Hall–Kier alpha value is -2.76. The zero-order valence-electron chi connectivity index (χ0n) is 16.6. The molecule has 1 aliphatic heterocycles. The van der Waals surface area contributed by atoms with Crippen LogP contribution >= 0.6 is 11.3 Å². The molecule has 1 amide bonds. The summed E-state index contributed by atoms with van der Waals surface area (Å²) in [5.41, 5.74) is -0.763. The summed E-state index contributed by atoms with van der Waals surface area (Å²) in [5, 5.41) is 2.42. The summed E-state index contributed by atoms with van der Waals surface area (Å²) < 4.78 is 67.7. The molecule has 0 radical (unpaired) electrons. The molecule has 168 valence electrons. The molecule has 1 fully saturated rings. The Morgan fingerprint density at radius 1 is 1.09 bits per heavy atom. The van der Waals surface area contributed by atoms with Crippen LogP contribution in [0.3, 0.4) is 0 Å². The molecular weight excluding hydrogens is 463 g/mol. The van der Waals surface area contributed by atoms with Gasteiger partial charge in [0.05, 0.1) is 20.7 Å². The van der Waals surface area contributed by atoms with Crippen molar-refractivity contribution in [3.8, 4) is 0 Å². The van der Waals surface area contributed by atoms with Crippen molar-refractivity contribution in [3.63, 3.8) is 0 Å². The van der Waals surface area contributed by atoms with E-state index in [9.17, 15) is 26.4 Å². The number of carbonyl (C=O) groups is 1. The number of rotatable bonds is 5. The van der Waals surface area contributed by atoms with Crippen molar-refractivity contribution in [2.45, 2.75) is 23.9 Å². The molecule has 0 spiro atoms. The van der Waals surface area contributed by atoms with Crippen LogP contribution in [0.15, 0.2) is 59.5 Å². The number of hydrogen-bond donors (Lipinski definition) is 1. The Morgan fingerprint density at radius 2 is 1.78 bits per heavy atom. The Labute approximate surface area is 186 Å². The van der Waals surface area contributed by atoms with Crippen molar-refractivity contribution < 1.29 is 26.4 Å². The van der Waals surface area contributed by atoms with E-state index in [1.807, 2.05) is 0 Å². The van der Waals surface area contributed by atoms with Gasteiger partial charge in [0, 0.05) is 19.2 Å². The molecule has 0 saturated carbocycles. The van der Waals surface area contributed by atoms with E-state index in [4.69, 9.17) is 0 Å². The number of amides is 1. The van der Waals surface area contributed by atoms with Gasteiger partial charge in [0.25, 0.3) is 5.91 Å². The van der Waals surface area contributed by atoms with Crippen molar-refractivity contribution in [1.29, 1.82) is 0 Å². The summed E-state index contributed by atoms with van der Waals surface area (Å²) in [6.07, 6.45) is -2.60. The lowest BCUT2D eigenvalue weighted by Crippen LogP contribution is -2.27. The van der Waals surface area contributed by atoms with E-state index < -0.39 is 27.7 Å². The molecule has 6 nitrogen and oxygen atoms in total. The first-order chi connectivity index (χ1) is 15.1. The van der Waals surface area contributed by atoms with Crippen LogP contribution in [-0.2, 0) is 14.8 Å². The Morgan fingerprint density at radius 3 is 2.44 bits per heavy atom. The molecule has 32 heavy (non-hydrogen) atoms. The second-order valence-electron chi connectivity index (χ2n) is 7.17. The minimum Gasteiger partial charge on any atom is -0.298 e. The van der Waals surface area contributed by atoms with Gasteiger partial charge in [-0.1, -0.05) is 41.7 Å². The normalized spacial score (nSPS) is 15.9. The molecular formula is C21H18F3N3O3S2. The largest absolute Gasteiger partial charge is 0.417 e. The molecule has 1 aromatic heterocycles. The van der Waals surface area contributed by atoms with Crippen molar-refractivity contribution in [1.82, 2.24) is 9.29 Å². The van der Waals surface area contributed by atoms with Crippen molar-refractivity contribution in [2.24, 2.45) is 0 Å². The van der Waals surface area contributed by atoms with E-state index >= 15 is 0 Å². The predicted molar refractivity (Wildman–Crippen MR) is 117 cm³/mol. The Balaban J connectivity index is 1.59. The number of aromatic nitrogens is 1. The molecule has 0 atom stereocenters. The predicted octanol–water partition coefficient (Wildman–Crippen LogP) is 4.67. The number of nitrogens with zero attached hydrogens (tertiary/aromatic N) is 2. The number of benzene rings is 2. The third kappa shape index (κ3) is 4.69. The third-order valence-corrected chi connectivity index (χ3v) is 7.79. The maximum absolute atomic E-state index is 13.4. The van der Waals surface area contributed by atoms with Gasteiger partial charge in [-0.3, -0.25) is 10.1 Å². The molecule has 1 aliphatic rings. The molecule has 3 aromatic rings. The quantitative estimate of drug-likeness (QED) is 0.538. The number of carbonyl (C=O) groups excluding carboxylic acids is 1. The van der Waals surface area contributed by atoms with Crippen molar-refractivity contribution >= 4 is 48.2 Å².